The number of nitrogens with zero attached hydrogens (tertiary/aromatic N) is 3. The van der Waals surface area contributed by atoms with Crippen LogP contribution < -0.4 is 0 Å². The lowest BCUT2D eigenvalue weighted by Crippen LogP contribution is -2.07. The molecule has 0 fully saturated rings. The van der Waals surface area contributed by atoms with Gasteiger partial charge < -0.3 is 9.67 Å². The van der Waals surface area contributed by atoms with E-state index in [4.69, 9.17) is 10.4 Å². The monoisotopic (exact) mass is 385 g/mol. The molecule has 0 saturated carbocycles. The smallest absolute Gasteiger partial charge is 0.416 e. The van der Waals surface area contributed by atoms with Gasteiger partial charge in [-0.1, -0.05) is 11.6 Å². The number of nitriles is 1. The van der Waals surface area contributed by atoms with Gasteiger partial charge in [0.1, 0.15) is 11.6 Å². The summed E-state index contributed by atoms with van der Waals surface area (Å²) in [6, 6.07) is 8.83. The van der Waals surface area contributed by atoms with Crippen molar-refractivity contribution in [2.75, 3.05) is 0 Å². The summed E-state index contributed by atoms with van der Waals surface area (Å²) in [5.41, 5.74) is 1.22. The van der Waals surface area contributed by atoms with Crippen LogP contribution in [0, 0.1) is 18.3 Å². The second-order valence-corrected chi connectivity index (χ2v) is 6.26. The summed E-state index contributed by atoms with van der Waals surface area (Å²) in [6.07, 6.45) is -0.150. The van der Waals surface area contributed by atoms with Crippen molar-refractivity contribution in [3.05, 3.63) is 70.6 Å². The predicted octanol–water partition coefficient (Wildman–Crippen LogP) is 4.40. The van der Waals surface area contributed by atoms with E-state index in [9.17, 15) is 18.0 Å². The largest absolute Gasteiger partial charge is 0.477 e. The highest BCUT2D eigenvalue weighted by atomic mass is 19.4. The fourth-order valence-electron chi connectivity index (χ4n) is 3.00. The molecule has 0 aliphatic carbocycles. The topological polar surface area (TPSA) is 78.9 Å². The number of hydrogen-bond donors (Lipinski definition) is 1. The predicted molar refractivity (Wildman–Crippen MR) is 96.2 cm³/mol. The van der Waals surface area contributed by atoms with Crippen LogP contribution in [-0.2, 0) is 17.5 Å². The third-order valence-corrected chi connectivity index (χ3v) is 4.13. The summed E-state index contributed by atoms with van der Waals surface area (Å²) < 4.78 is 41.0. The molecule has 2 aromatic heterocycles. The number of hydrogen-bond acceptors (Lipinski definition) is 3. The lowest BCUT2D eigenvalue weighted by atomic mass is 10.1. The van der Waals surface area contributed by atoms with Gasteiger partial charge in [-0.25, -0.2) is 4.79 Å². The van der Waals surface area contributed by atoms with E-state index in [2.05, 4.69) is 4.98 Å². The number of carboxylic acids is 1. The van der Waals surface area contributed by atoms with E-state index in [1.807, 2.05) is 0 Å². The van der Waals surface area contributed by atoms with Gasteiger partial charge in [0.15, 0.2) is 0 Å². The number of carboxylic acid groups (broad SMARTS) is 1. The summed E-state index contributed by atoms with van der Waals surface area (Å²) in [4.78, 5) is 15.3. The standard InChI is InChI=1S/C20H14F3N3O2/c1-12-5-13(7-16(6-12)20(21,22)23)10-26-11-15(8-14(9-24)19(27)28)18-17(26)3-2-4-25-18/h2-8,11H,10H2,1H3,(H,27,28)/b14-8+. The molecule has 2 heterocycles. The van der Waals surface area contributed by atoms with Gasteiger partial charge in [0.05, 0.1) is 16.6 Å². The van der Waals surface area contributed by atoms with E-state index in [0.29, 0.717) is 27.7 Å². The Bertz CT molecular complexity index is 1140. The van der Waals surface area contributed by atoms with Crippen LogP contribution in [0.2, 0.25) is 0 Å². The van der Waals surface area contributed by atoms with Crippen LogP contribution in [0.15, 0.2) is 48.3 Å². The number of pyridine rings is 1. The zero-order chi connectivity index (χ0) is 20.5. The van der Waals surface area contributed by atoms with Gasteiger partial charge in [-0.3, -0.25) is 4.98 Å². The Morgan fingerprint density at radius 3 is 2.75 bits per heavy atom. The third kappa shape index (κ3) is 3.88. The number of aliphatic carboxylic acids is 1. The highest BCUT2D eigenvalue weighted by Gasteiger charge is 2.30. The van der Waals surface area contributed by atoms with Crippen molar-refractivity contribution in [2.24, 2.45) is 0 Å². The van der Waals surface area contributed by atoms with Crippen LogP contribution in [0.4, 0.5) is 13.2 Å². The second-order valence-electron chi connectivity index (χ2n) is 6.26. The van der Waals surface area contributed by atoms with E-state index in [-0.39, 0.29) is 6.54 Å². The fourth-order valence-corrected chi connectivity index (χ4v) is 3.00. The van der Waals surface area contributed by atoms with Crippen LogP contribution in [0.25, 0.3) is 17.1 Å². The summed E-state index contributed by atoms with van der Waals surface area (Å²) in [5.74, 6) is -1.37. The quantitative estimate of drug-likeness (QED) is 0.533. The molecule has 0 bridgehead atoms. The van der Waals surface area contributed by atoms with Crippen molar-refractivity contribution in [3.63, 3.8) is 0 Å². The minimum atomic E-state index is -4.45. The molecule has 28 heavy (non-hydrogen) atoms. The van der Waals surface area contributed by atoms with E-state index in [1.165, 1.54) is 12.3 Å². The van der Waals surface area contributed by atoms with Crippen molar-refractivity contribution in [2.45, 2.75) is 19.6 Å². The SMILES string of the molecule is Cc1cc(Cn2cc(/C=C(\C#N)C(=O)O)c3ncccc32)cc(C(F)(F)F)c1. The van der Waals surface area contributed by atoms with Crippen LogP contribution in [0.5, 0.6) is 0 Å². The number of rotatable bonds is 4. The molecule has 0 aliphatic heterocycles. The number of benzene rings is 1. The molecule has 3 rings (SSSR count). The highest BCUT2D eigenvalue weighted by molar-refractivity contribution is 5.99. The van der Waals surface area contributed by atoms with Gasteiger partial charge in [-0.05, 0) is 42.8 Å². The van der Waals surface area contributed by atoms with Crippen molar-refractivity contribution in [1.82, 2.24) is 9.55 Å². The molecule has 0 spiro atoms. The first-order chi connectivity index (χ1) is 13.2. The van der Waals surface area contributed by atoms with Gasteiger partial charge in [0, 0.05) is 24.5 Å². The molecule has 1 N–H and O–H groups in total. The molecule has 8 heteroatoms. The van der Waals surface area contributed by atoms with E-state index >= 15 is 0 Å². The summed E-state index contributed by atoms with van der Waals surface area (Å²) in [7, 11) is 0. The lowest BCUT2D eigenvalue weighted by Gasteiger charge is -2.12. The molecular formula is C20H14F3N3O2. The summed E-state index contributed by atoms with van der Waals surface area (Å²) in [6.45, 7) is 1.73. The van der Waals surface area contributed by atoms with Crippen LogP contribution in [0.3, 0.4) is 0 Å². The Labute approximate surface area is 158 Å². The van der Waals surface area contributed by atoms with Crippen molar-refractivity contribution >= 4 is 23.1 Å². The normalized spacial score (nSPS) is 12.2. The van der Waals surface area contributed by atoms with E-state index in [1.54, 1.807) is 42.0 Å². The molecule has 0 unspecified atom stereocenters. The van der Waals surface area contributed by atoms with Crippen molar-refractivity contribution in [3.8, 4) is 6.07 Å². The zero-order valence-corrected chi connectivity index (χ0v) is 14.7. The highest BCUT2D eigenvalue weighted by Crippen LogP contribution is 2.31. The van der Waals surface area contributed by atoms with Gasteiger partial charge in [0.2, 0.25) is 0 Å². The average Bonchev–Trinajstić information content (AvgIpc) is 2.96. The third-order valence-electron chi connectivity index (χ3n) is 4.13. The molecule has 3 aromatic rings. The minimum Gasteiger partial charge on any atom is -0.477 e. The maximum absolute atomic E-state index is 13.1. The zero-order valence-electron chi connectivity index (χ0n) is 14.7. The summed E-state index contributed by atoms with van der Waals surface area (Å²) in [5, 5.41) is 18.0. The van der Waals surface area contributed by atoms with Crippen LogP contribution >= 0.6 is 0 Å². The lowest BCUT2D eigenvalue weighted by molar-refractivity contribution is -0.137. The van der Waals surface area contributed by atoms with E-state index < -0.39 is 23.3 Å². The number of aryl methyl sites for hydroxylation is 1. The molecule has 1 aromatic carbocycles. The number of alkyl halides is 3. The molecular weight excluding hydrogens is 371 g/mol. The van der Waals surface area contributed by atoms with Gasteiger partial charge in [-0.15, -0.1) is 0 Å². The van der Waals surface area contributed by atoms with Crippen molar-refractivity contribution in [1.29, 1.82) is 5.26 Å². The first-order valence-electron chi connectivity index (χ1n) is 8.16. The minimum absolute atomic E-state index is 0.135. The molecule has 142 valence electrons. The van der Waals surface area contributed by atoms with Gasteiger partial charge in [-0.2, -0.15) is 18.4 Å². The molecule has 0 atom stereocenters. The number of aromatic nitrogens is 2. The summed E-state index contributed by atoms with van der Waals surface area (Å²) >= 11 is 0. The number of fused-ring (bicyclic) bond motifs is 1. The van der Waals surface area contributed by atoms with E-state index in [0.717, 1.165) is 12.1 Å². The Kier molecular flexibility index (Phi) is 4.92. The number of halogens is 3. The second kappa shape index (κ2) is 7.19. The van der Waals surface area contributed by atoms with Gasteiger partial charge in [0.25, 0.3) is 0 Å². The first kappa shape index (κ1) is 19.2. The van der Waals surface area contributed by atoms with Crippen LogP contribution in [0.1, 0.15) is 22.3 Å². The number of carbonyl (C=O) groups is 1. The fraction of sp³-hybridized carbons (Fsp3) is 0.150. The Morgan fingerprint density at radius 1 is 1.36 bits per heavy atom. The van der Waals surface area contributed by atoms with Gasteiger partial charge >= 0.3 is 12.1 Å². The van der Waals surface area contributed by atoms with Crippen LogP contribution in [-0.4, -0.2) is 20.6 Å². The Morgan fingerprint density at radius 2 is 2.11 bits per heavy atom. The average molecular weight is 385 g/mol. The molecule has 0 aliphatic rings. The maximum Gasteiger partial charge on any atom is 0.416 e. The Balaban J connectivity index is 2.10. The Hall–Kier alpha value is -3.60. The molecule has 0 amide bonds. The molecule has 0 saturated heterocycles. The molecule has 5 nitrogen and oxygen atoms in total. The molecule has 0 radical (unpaired) electrons. The first-order valence-corrected chi connectivity index (χ1v) is 8.16. The maximum atomic E-state index is 13.1. The van der Waals surface area contributed by atoms with Crippen molar-refractivity contribution < 1.29 is 23.1 Å².